The number of halogens is 3. The Bertz CT molecular complexity index is 6560. The minimum absolute atomic E-state index is 0.00730. The van der Waals surface area contributed by atoms with E-state index in [1.165, 1.54) is 113 Å². The lowest BCUT2D eigenvalue weighted by molar-refractivity contribution is -0.175. The normalized spacial score (nSPS) is 27.4. The van der Waals surface area contributed by atoms with Crippen LogP contribution in [-0.2, 0) is 143 Å². The molecule has 16 atom stereocenters. The standard InChI is InChI=1S/C25H29N3O10.C24H28FN3O8.C24H27N3O10.C23H25F2N3O8/c1-28(2)19-13-7-11-6-12-10(8-27-38-9-15(30)37-3)4-5-14(29)17(12)20(31)16(11)22(33)25(13,36)23(34)18(21(19)32)24(26)35;1-28(2)18-13-8-11-7-12-10(9-27-36-6-5-25)3-4-14(29)16(12)19(30)15(11)21(32)24(13,35)22(33)17(20(18)31)23(26)34;1-27(2)18-12-6-10-5-11-9(7-26-37-8-14(29)30)3-4-13(28)16(11)19(31)15(10)21(33)24(12,36)22(34)17(20(18)32)23(25)35;1-28(2)16-11-6-9-5-10-8(7-27-36-22(24)25)3-4-12(29)14(10)17(30)13(9)19(32)23(11,35)20(33)15(18(16)31)21(26)34/h4-5,11,13,19,27,29,31,34,36H,6-9H2,1-3H3,(H2,26,35);3-4,11,13,18,27,29-30,33,35H,5-9H2,1-2H3,(H2,26,34);3-4,10,12,18,26,28,31,34,36H,5-8H2,1-2H3,(H2,25,35)(H,29,30);3-4,9,11,16,22,27,29-30,33,35H,5-7H2,1-2H3,(H2,26,34)/t11-,13-,19-,25-;11-,13-,18+,24-;10-,12-,18-,24-;9-,11-,16-,23-/m0000/s1. The van der Waals surface area contributed by atoms with Crippen molar-refractivity contribution in [2.24, 2.45) is 70.3 Å². The molecule has 0 heterocycles. The number of nitrogens with one attached hydrogen (secondary N) is 4. The number of aliphatic carboxylic acids is 1. The Morgan fingerprint density at radius 1 is 0.381 bits per heavy atom. The van der Waals surface area contributed by atoms with E-state index < -0.39 is 270 Å². The summed E-state index contributed by atoms with van der Waals surface area (Å²) in [6.45, 7) is -4.91. The van der Waals surface area contributed by atoms with Gasteiger partial charge in [-0.05, 0) is 200 Å². The number of aromatic hydroxyl groups is 4. The number of alkyl halides is 3. The van der Waals surface area contributed by atoms with Gasteiger partial charge in [0.1, 0.15) is 98.0 Å². The number of carbonyl (C=O) groups is 14. The van der Waals surface area contributed by atoms with Crippen LogP contribution in [0.3, 0.4) is 0 Å². The van der Waals surface area contributed by atoms with Crippen LogP contribution in [0.15, 0.2) is 116 Å². The maximum absolute atomic E-state index is 13.8. The van der Waals surface area contributed by atoms with Crippen molar-refractivity contribution in [1.29, 1.82) is 0 Å². The number of phenols is 4. The van der Waals surface area contributed by atoms with Crippen LogP contribution < -0.4 is 44.9 Å². The molecule has 51 heteroatoms. The number of hydroxylamine groups is 4. The molecule has 4 aromatic carbocycles. The van der Waals surface area contributed by atoms with E-state index in [-0.39, 0.29) is 153 Å². The molecule has 0 saturated heterocycles. The van der Waals surface area contributed by atoms with E-state index in [2.05, 4.69) is 31.5 Å². The van der Waals surface area contributed by atoms with Crippen molar-refractivity contribution in [2.45, 2.75) is 131 Å². The molecule has 0 unspecified atom stereocenters. The monoisotopic (exact) mass is 2060 g/mol. The fourth-order valence-corrected chi connectivity index (χ4v) is 22.9. The van der Waals surface area contributed by atoms with Crippen molar-refractivity contribution in [2.75, 3.05) is 90.0 Å². The van der Waals surface area contributed by atoms with Crippen LogP contribution in [0.2, 0.25) is 0 Å². The van der Waals surface area contributed by atoms with Crippen LogP contribution in [0.25, 0.3) is 23.0 Å². The summed E-state index contributed by atoms with van der Waals surface area (Å²) in [5.41, 5.74) is 19.4. The molecule has 0 spiro atoms. The van der Waals surface area contributed by atoms with E-state index in [9.17, 15) is 162 Å². The van der Waals surface area contributed by atoms with Gasteiger partial charge in [-0.25, -0.2) is 18.8 Å². The highest BCUT2D eigenvalue weighted by molar-refractivity contribution is 6.28. The number of fused-ring (bicyclic) bond motifs is 12. The van der Waals surface area contributed by atoms with Gasteiger partial charge in [0, 0.05) is 72.1 Å². The fraction of sp³-hybridized carbons (Fsp3) is 0.438. The van der Waals surface area contributed by atoms with E-state index in [0.29, 0.717) is 44.5 Å². The van der Waals surface area contributed by atoms with Gasteiger partial charge in [-0.3, -0.25) is 91.6 Å². The molecule has 12 aliphatic rings. The highest BCUT2D eigenvalue weighted by Gasteiger charge is 2.70. The van der Waals surface area contributed by atoms with Crippen LogP contribution in [0, 0.1) is 47.3 Å². The summed E-state index contributed by atoms with van der Waals surface area (Å²) < 4.78 is 41.6. The van der Waals surface area contributed by atoms with E-state index >= 15 is 0 Å². The van der Waals surface area contributed by atoms with E-state index in [1.807, 2.05) is 0 Å². The summed E-state index contributed by atoms with van der Waals surface area (Å²) in [6, 6.07) is 6.58. The number of carboxylic acids is 1. The molecular formula is C96H109F3N12O36. The minimum Gasteiger partial charge on any atom is -0.508 e. The molecule has 0 bridgehead atoms. The second-order valence-corrected chi connectivity index (χ2v) is 38.0. The molecule has 147 heavy (non-hydrogen) atoms. The number of nitrogens with zero attached hydrogens (tertiary/aromatic N) is 4. The van der Waals surface area contributed by atoms with Gasteiger partial charge < -0.3 is 114 Å². The van der Waals surface area contributed by atoms with Crippen LogP contribution in [0.5, 0.6) is 23.0 Å². The van der Waals surface area contributed by atoms with E-state index in [0.717, 1.165) is 0 Å². The average molecular weight is 2060 g/mol. The second kappa shape index (κ2) is 41.9. The molecule has 0 aromatic heterocycles. The van der Waals surface area contributed by atoms with Gasteiger partial charge >= 0.3 is 18.6 Å². The predicted molar refractivity (Wildman–Crippen MR) is 495 cm³/mol. The van der Waals surface area contributed by atoms with E-state index in [1.54, 1.807) is 18.2 Å². The van der Waals surface area contributed by atoms with Gasteiger partial charge in [0.15, 0.2) is 58.8 Å². The zero-order valence-electron chi connectivity index (χ0n) is 80.0. The summed E-state index contributed by atoms with van der Waals surface area (Å²) in [5.74, 6) is -30.7. The number of amides is 4. The lowest BCUT2D eigenvalue weighted by atomic mass is 9.57. The zero-order valence-corrected chi connectivity index (χ0v) is 80.0. The van der Waals surface area contributed by atoms with Gasteiger partial charge in [-0.2, -0.15) is 30.7 Å². The van der Waals surface area contributed by atoms with Crippen molar-refractivity contribution in [1.82, 2.24) is 41.5 Å². The number of likely N-dealkylation sites (N-methyl/N-ethyl adjacent to an activating group) is 4. The summed E-state index contributed by atoms with van der Waals surface area (Å²) in [6.07, 6.45) is 0.291. The Balaban J connectivity index is 0.000000164. The maximum atomic E-state index is 13.8. The molecule has 16 rings (SSSR count). The van der Waals surface area contributed by atoms with Crippen molar-refractivity contribution < 1.29 is 191 Å². The lowest BCUT2D eigenvalue weighted by Gasteiger charge is -2.50. The number of aliphatic hydroxyl groups excluding tert-OH is 8. The highest BCUT2D eigenvalue weighted by Crippen LogP contribution is 2.59. The van der Waals surface area contributed by atoms with Gasteiger partial charge in [-0.1, -0.05) is 24.3 Å². The first-order chi connectivity index (χ1) is 68.9. The third-order valence-corrected chi connectivity index (χ3v) is 29.1. The molecule has 48 nitrogen and oxygen atoms in total. The zero-order chi connectivity index (χ0) is 109. The number of phenolic OH excluding ortho intramolecular Hbond substituents is 4. The predicted octanol–water partition coefficient (Wildman–Crippen LogP) is -1.61. The molecule has 4 saturated carbocycles. The second-order valence-electron chi connectivity index (χ2n) is 38.0. The number of nitrogens with two attached hydrogens (primary N) is 4. The Kier molecular flexibility index (Phi) is 31.4. The fourth-order valence-electron chi connectivity index (χ4n) is 22.9. The van der Waals surface area contributed by atoms with Gasteiger partial charge in [-0.15, -0.1) is 0 Å². The molecule has 29 N–H and O–H groups in total. The first-order valence-electron chi connectivity index (χ1n) is 45.4. The number of carbonyl (C=O) groups excluding carboxylic acids is 13. The number of hydrogen-bond acceptors (Lipinski definition) is 43. The smallest absolute Gasteiger partial charge is 0.360 e. The third-order valence-electron chi connectivity index (χ3n) is 29.1. The topological polar surface area (TPSA) is 794 Å². The van der Waals surface area contributed by atoms with Crippen LogP contribution >= 0.6 is 0 Å². The molecule has 12 aliphatic carbocycles. The Morgan fingerprint density at radius 2 is 0.612 bits per heavy atom. The molecule has 4 amide bonds. The van der Waals surface area contributed by atoms with Crippen molar-refractivity contribution in [3.05, 3.63) is 183 Å². The molecule has 4 fully saturated rings. The summed E-state index contributed by atoms with van der Waals surface area (Å²) in [5, 5.41) is 185. The van der Waals surface area contributed by atoms with Crippen molar-refractivity contribution >= 4 is 105 Å². The number of ether oxygens (including phenoxy) is 1. The third kappa shape index (κ3) is 18.5. The largest absolute Gasteiger partial charge is 0.508 e. The minimum atomic E-state index is -3.08. The van der Waals surface area contributed by atoms with Crippen LogP contribution in [-0.4, -0.2) is 331 Å². The number of ketones is 8. The number of primary amides is 4. The highest BCUT2D eigenvalue weighted by atomic mass is 19.3. The molecule has 0 radical (unpaired) electrons. The Labute approximate surface area is 831 Å². The number of Topliss-reactive ketones (excluding diaryl/α,β-unsaturated/α-hetero) is 8. The number of carboxylic acid groups (broad SMARTS) is 1. The Morgan fingerprint density at radius 3 is 0.823 bits per heavy atom. The summed E-state index contributed by atoms with van der Waals surface area (Å²) in [7, 11) is 13.4. The maximum Gasteiger partial charge on any atom is 0.360 e. The number of esters is 1. The summed E-state index contributed by atoms with van der Waals surface area (Å²) >= 11 is 0. The number of rotatable bonds is 27. The van der Waals surface area contributed by atoms with Crippen molar-refractivity contribution in [3.63, 3.8) is 0 Å². The SMILES string of the molecule is CN(C)[C@@H]1C(=O)C(C(N)=O)=C(O)[C@@]2(O)C(=O)C3=C(O)c4c(O)ccc(CNOC(F)F)c4C[C@H]3C[C@@H]12.CN(C)[C@@H]1C(=O)C(C(N)=O)=C(O)[C@@]2(O)C(=O)C3=C(O)c4c(O)ccc(CNOCC(=O)O)c4C[C@H]3C[C@@H]12.CN(C)[C@H]1C(=O)C(C(N)=O)=C(O)[C@@]2(O)C(=O)C3=C(O)c4c(O)ccc(CNOCCF)c4C[C@H]3C[C@@H]12.COC(=O)CONCc1ccc(O)c2c1C[C@H]1C[C@H]3[C@H](N(C)C)C(=O)C(C(N)=O)=C(O)[C@@]3(O)C(=O)C1=C2O. The van der Waals surface area contributed by atoms with Gasteiger partial charge in [0.25, 0.3) is 23.6 Å². The van der Waals surface area contributed by atoms with E-state index in [4.69, 9.17) is 42.6 Å². The average Bonchev–Trinajstić information content (AvgIpc) is 0.709. The quantitative estimate of drug-likeness (QED) is 0.0138. The molecule has 0 aliphatic heterocycles. The van der Waals surface area contributed by atoms with Crippen LogP contribution in [0.1, 0.15) is 92.4 Å². The lowest BCUT2D eigenvalue weighted by Crippen LogP contribution is -2.65. The first kappa shape index (κ1) is 110. The number of benzene rings is 4. The molecule has 790 valence electrons. The Hall–Kier alpha value is -14.3. The summed E-state index contributed by atoms with van der Waals surface area (Å²) in [4.78, 5) is 202. The number of hydrogen-bond donors (Lipinski definition) is 25. The number of aliphatic hydroxyl groups is 12. The van der Waals surface area contributed by atoms with Gasteiger partial charge in [0.2, 0.25) is 23.1 Å². The molecule has 4 aromatic rings. The van der Waals surface area contributed by atoms with Crippen molar-refractivity contribution in [3.8, 4) is 23.0 Å². The van der Waals surface area contributed by atoms with Crippen LogP contribution in [0.4, 0.5) is 13.2 Å². The van der Waals surface area contributed by atoms with Gasteiger partial charge in [0.05, 0.1) is 60.1 Å². The number of methoxy groups -OCH3 is 1. The first-order valence-corrected chi connectivity index (χ1v) is 45.4. The molecular weight excluding hydrogens is 1950 g/mol.